The molecule has 128 valence electrons. The first-order chi connectivity index (χ1) is 12.2. The summed E-state index contributed by atoms with van der Waals surface area (Å²) in [6, 6.07) is 11.8. The fourth-order valence-electron chi connectivity index (χ4n) is 3.16. The third-order valence-corrected chi connectivity index (χ3v) is 4.43. The van der Waals surface area contributed by atoms with Crippen LogP contribution in [0.1, 0.15) is 11.1 Å². The summed E-state index contributed by atoms with van der Waals surface area (Å²) in [5, 5.41) is 10.9. The number of hydrogen-bond acceptors (Lipinski definition) is 5. The smallest absolute Gasteiger partial charge is 0.156 e. The van der Waals surface area contributed by atoms with E-state index in [4.69, 9.17) is 14.2 Å². The summed E-state index contributed by atoms with van der Waals surface area (Å²) in [5.74, 6) is 3.12. The predicted molar refractivity (Wildman–Crippen MR) is 96.2 cm³/mol. The molecule has 1 aromatic heterocycles. The van der Waals surface area contributed by atoms with Gasteiger partial charge in [-0.05, 0) is 23.8 Å². The number of aromatic nitrogens is 2. The Morgan fingerprint density at radius 1 is 0.920 bits per heavy atom. The number of ether oxygens (including phenoxy) is 3. The van der Waals surface area contributed by atoms with E-state index in [1.165, 1.54) is 11.1 Å². The SMILES string of the molecule is COc1cc(Nc2n[nH]c3c2Cc2cc(OC)ccc2-3)cc(OC)c1. The second-order valence-electron chi connectivity index (χ2n) is 5.85. The van der Waals surface area contributed by atoms with Crippen LogP contribution in [-0.4, -0.2) is 31.5 Å². The van der Waals surface area contributed by atoms with Crippen LogP contribution in [0.3, 0.4) is 0 Å². The van der Waals surface area contributed by atoms with Gasteiger partial charge in [-0.2, -0.15) is 5.10 Å². The van der Waals surface area contributed by atoms with Crippen LogP contribution in [0, 0.1) is 0 Å². The van der Waals surface area contributed by atoms with E-state index in [1.807, 2.05) is 24.3 Å². The van der Waals surface area contributed by atoms with Crippen LogP contribution < -0.4 is 19.5 Å². The number of fused-ring (bicyclic) bond motifs is 3. The molecule has 1 aliphatic carbocycles. The number of H-pyrrole nitrogens is 1. The van der Waals surface area contributed by atoms with Crippen molar-refractivity contribution >= 4 is 11.5 Å². The van der Waals surface area contributed by atoms with Crippen LogP contribution in [0.2, 0.25) is 0 Å². The highest BCUT2D eigenvalue weighted by Crippen LogP contribution is 2.41. The van der Waals surface area contributed by atoms with Gasteiger partial charge in [-0.1, -0.05) is 0 Å². The number of hydrogen-bond donors (Lipinski definition) is 2. The summed E-state index contributed by atoms with van der Waals surface area (Å²) >= 11 is 0. The Morgan fingerprint density at radius 3 is 2.32 bits per heavy atom. The van der Waals surface area contributed by atoms with E-state index in [0.29, 0.717) is 0 Å². The van der Waals surface area contributed by atoms with Gasteiger partial charge in [0.25, 0.3) is 0 Å². The molecule has 0 saturated heterocycles. The maximum atomic E-state index is 5.32. The van der Waals surface area contributed by atoms with Gasteiger partial charge in [-0.25, -0.2) is 0 Å². The quantitative estimate of drug-likeness (QED) is 0.580. The van der Waals surface area contributed by atoms with Gasteiger partial charge in [0.15, 0.2) is 5.82 Å². The highest BCUT2D eigenvalue weighted by atomic mass is 16.5. The van der Waals surface area contributed by atoms with E-state index in [2.05, 4.69) is 27.6 Å². The highest BCUT2D eigenvalue weighted by molar-refractivity contribution is 5.80. The second kappa shape index (κ2) is 6.05. The molecule has 0 bridgehead atoms. The van der Waals surface area contributed by atoms with Crippen LogP contribution in [0.4, 0.5) is 11.5 Å². The van der Waals surface area contributed by atoms with E-state index in [9.17, 15) is 0 Å². The van der Waals surface area contributed by atoms with Gasteiger partial charge < -0.3 is 19.5 Å². The molecule has 2 N–H and O–H groups in total. The molecule has 6 nitrogen and oxygen atoms in total. The highest BCUT2D eigenvalue weighted by Gasteiger charge is 2.25. The van der Waals surface area contributed by atoms with Crippen molar-refractivity contribution in [3.05, 3.63) is 47.5 Å². The van der Waals surface area contributed by atoms with E-state index >= 15 is 0 Å². The van der Waals surface area contributed by atoms with Crippen molar-refractivity contribution in [1.29, 1.82) is 0 Å². The van der Waals surface area contributed by atoms with Gasteiger partial charge in [-0.15, -0.1) is 0 Å². The lowest BCUT2D eigenvalue weighted by atomic mass is 10.1. The van der Waals surface area contributed by atoms with Gasteiger partial charge in [0, 0.05) is 41.4 Å². The van der Waals surface area contributed by atoms with E-state index in [-0.39, 0.29) is 0 Å². The minimum Gasteiger partial charge on any atom is -0.497 e. The second-order valence-corrected chi connectivity index (χ2v) is 5.85. The van der Waals surface area contributed by atoms with Gasteiger partial charge in [0.1, 0.15) is 17.2 Å². The molecular formula is C19H19N3O3. The van der Waals surface area contributed by atoms with Gasteiger partial charge >= 0.3 is 0 Å². The lowest BCUT2D eigenvalue weighted by molar-refractivity contribution is 0.395. The Morgan fingerprint density at radius 2 is 1.64 bits per heavy atom. The van der Waals surface area contributed by atoms with Crippen molar-refractivity contribution in [2.45, 2.75) is 6.42 Å². The third-order valence-electron chi connectivity index (χ3n) is 4.43. The van der Waals surface area contributed by atoms with Crippen LogP contribution in [0.5, 0.6) is 17.2 Å². The monoisotopic (exact) mass is 337 g/mol. The van der Waals surface area contributed by atoms with Crippen molar-refractivity contribution in [2.75, 3.05) is 26.6 Å². The summed E-state index contributed by atoms with van der Waals surface area (Å²) in [6.45, 7) is 0. The zero-order chi connectivity index (χ0) is 17.4. The van der Waals surface area contributed by atoms with E-state index in [0.717, 1.165) is 46.4 Å². The maximum absolute atomic E-state index is 5.32. The maximum Gasteiger partial charge on any atom is 0.156 e. The predicted octanol–water partition coefficient (Wildman–Crippen LogP) is 3.75. The fourth-order valence-corrected chi connectivity index (χ4v) is 3.16. The first-order valence-corrected chi connectivity index (χ1v) is 7.96. The lowest BCUT2D eigenvalue weighted by Crippen LogP contribution is -1.96. The normalized spacial score (nSPS) is 11.6. The molecule has 25 heavy (non-hydrogen) atoms. The van der Waals surface area contributed by atoms with E-state index in [1.54, 1.807) is 21.3 Å². The Hall–Kier alpha value is -3.15. The molecule has 4 rings (SSSR count). The Balaban J connectivity index is 1.66. The first-order valence-electron chi connectivity index (χ1n) is 7.96. The van der Waals surface area contributed by atoms with Crippen LogP contribution in [0.15, 0.2) is 36.4 Å². The van der Waals surface area contributed by atoms with Crippen LogP contribution in [-0.2, 0) is 6.42 Å². The summed E-state index contributed by atoms with van der Waals surface area (Å²) in [4.78, 5) is 0. The van der Waals surface area contributed by atoms with Gasteiger partial charge in [-0.3, -0.25) is 5.10 Å². The molecule has 6 heteroatoms. The zero-order valence-corrected chi connectivity index (χ0v) is 14.3. The minimum absolute atomic E-state index is 0.724. The average Bonchev–Trinajstić information content (AvgIpc) is 3.20. The standard InChI is InChI=1S/C19H19N3O3/c1-23-13-4-5-16-11(6-13)7-17-18(16)21-22-19(17)20-12-8-14(24-2)10-15(9-12)25-3/h4-6,8-10H,7H2,1-3H3,(H2,20,21,22). The zero-order valence-electron chi connectivity index (χ0n) is 14.3. The Kier molecular flexibility index (Phi) is 3.72. The molecule has 0 spiro atoms. The molecule has 0 atom stereocenters. The van der Waals surface area contributed by atoms with E-state index < -0.39 is 0 Å². The first kappa shape index (κ1) is 15.4. The average molecular weight is 337 g/mol. The van der Waals surface area contributed by atoms with Crippen molar-refractivity contribution in [2.24, 2.45) is 0 Å². The van der Waals surface area contributed by atoms with Crippen molar-refractivity contribution < 1.29 is 14.2 Å². The molecule has 0 aliphatic heterocycles. The summed E-state index contributed by atoms with van der Waals surface area (Å²) in [7, 11) is 4.95. The number of methoxy groups -OCH3 is 3. The van der Waals surface area contributed by atoms with Crippen LogP contribution in [0.25, 0.3) is 11.3 Å². The summed E-state index contributed by atoms with van der Waals surface area (Å²) < 4.78 is 16.0. The number of anilines is 2. The Bertz CT molecular complexity index is 911. The lowest BCUT2D eigenvalue weighted by Gasteiger charge is -2.10. The topological polar surface area (TPSA) is 68.4 Å². The molecule has 2 aromatic carbocycles. The third kappa shape index (κ3) is 2.65. The van der Waals surface area contributed by atoms with Crippen LogP contribution >= 0.6 is 0 Å². The molecule has 0 unspecified atom stereocenters. The summed E-state index contributed by atoms with van der Waals surface area (Å²) in [6.07, 6.45) is 0.807. The van der Waals surface area contributed by atoms with Crippen molar-refractivity contribution in [3.63, 3.8) is 0 Å². The minimum atomic E-state index is 0.724. The number of aromatic amines is 1. The molecule has 0 amide bonds. The molecule has 0 saturated carbocycles. The number of nitrogens with one attached hydrogen (secondary N) is 2. The molecule has 0 radical (unpaired) electrons. The molecule has 1 heterocycles. The fraction of sp³-hybridized carbons (Fsp3) is 0.211. The van der Waals surface area contributed by atoms with Gasteiger partial charge in [0.05, 0.1) is 27.0 Å². The molecule has 1 aliphatic rings. The number of rotatable bonds is 5. The Labute approximate surface area is 145 Å². The van der Waals surface area contributed by atoms with Crippen molar-refractivity contribution in [3.8, 4) is 28.5 Å². The number of benzene rings is 2. The molecule has 3 aromatic rings. The van der Waals surface area contributed by atoms with Gasteiger partial charge in [0.2, 0.25) is 0 Å². The van der Waals surface area contributed by atoms with Crippen molar-refractivity contribution in [1.82, 2.24) is 10.2 Å². The number of nitrogens with zero attached hydrogens (tertiary/aromatic N) is 1. The molecule has 0 fully saturated rings. The summed E-state index contributed by atoms with van der Waals surface area (Å²) in [5.41, 5.74) is 5.45. The molecular weight excluding hydrogens is 318 g/mol. The largest absolute Gasteiger partial charge is 0.497 e.